The van der Waals surface area contributed by atoms with Crippen LogP contribution < -0.4 is 27.4 Å². The second kappa shape index (κ2) is 14.7. The molecule has 0 bridgehead atoms. The van der Waals surface area contributed by atoms with Gasteiger partial charge in [0.25, 0.3) is 0 Å². The first-order valence-corrected chi connectivity index (χ1v) is 11.9. The minimum Gasteiger partial charge on any atom is -0.480 e. The van der Waals surface area contributed by atoms with Crippen molar-refractivity contribution in [3.63, 3.8) is 0 Å². The second-order valence-corrected chi connectivity index (χ2v) is 9.24. The van der Waals surface area contributed by atoms with Gasteiger partial charge in [0.05, 0.1) is 6.04 Å². The summed E-state index contributed by atoms with van der Waals surface area (Å²) in [5.41, 5.74) is 10.8. The van der Waals surface area contributed by atoms with E-state index in [1.54, 1.807) is 27.7 Å². The Balaban J connectivity index is 5.34. The molecule has 4 atom stereocenters. The molecule has 0 aliphatic carbocycles. The van der Waals surface area contributed by atoms with E-state index >= 15 is 0 Å². The Morgan fingerprint density at radius 2 is 1.38 bits per heavy atom. The van der Waals surface area contributed by atoms with E-state index in [1.807, 2.05) is 6.26 Å². The molecule has 0 radical (unpaired) electrons. The van der Waals surface area contributed by atoms with Crippen LogP contribution in [0.4, 0.5) is 0 Å². The number of carboxylic acids is 1. The van der Waals surface area contributed by atoms with Crippen LogP contribution in [0.15, 0.2) is 0 Å². The lowest BCUT2D eigenvalue weighted by molar-refractivity contribution is -0.144. The molecule has 0 fully saturated rings. The van der Waals surface area contributed by atoms with Gasteiger partial charge in [0.1, 0.15) is 18.1 Å². The van der Waals surface area contributed by atoms with Crippen molar-refractivity contribution in [2.45, 2.75) is 71.1 Å². The zero-order valence-corrected chi connectivity index (χ0v) is 20.2. The van der Waals surface area contributed by atoms with E-state index in [2.05, 4.69) is 16.0 Å². The predicted molar refractivity (Wildman–Crippen MR) is 123 cm³/mol. The number of carbonyl (C=O) groups is 5. The summed E-state index contributed by atoms with van der Waals surface area (Å²) in [7, 11) is 0. The number of amides is 4. The number of carbonyl (C=O) groups excluding carboxylic acids is 4. The fraction of sp³-hybridized carbons (Fsp3) is 0.750. The van der Waals surface area contributed by atoms with Crippen LogP contribution >= 0.6 is 11.8 Å². The van der Waals surface area contributed by atoms with E-state index in [0.717, 1.165) is 0 Å². The van der Waals surface area contributed by atoms with Gasteiger partial charge in [-0.15, -0.1) is 0 Å². The van der Waals surface area contributed by atoms with Gasteiger partial charge in [-0.05, 0) is 36.7 Å². The van der Waals surface area contributed by atoms with Crippen molar-refractivity contribution in [2.75, 3.05) is 12.0 Å². The van der Waals surface area contributed by atoms with Gasteiger partial charge >= 0.3 is 5.97 Å². The topological polar surface area (TPSA) is 194 Å². The summed E-state index contributed by atoms with van der Waals surface area (Å²) in [6.45, 7) is 6.75. The maximum Gasteiger partial charge on any atom is 0.326 e. The molecular formula is C20H37N5O6S. The Morgan fingerprint density at radius 1 is 0.844 bits per heavy atom. The molecule has 0 saturated heterocycles. The van der Waals surface area contributed by atoms with Gasteiger partial charge in [0.2, 0.25) is 23.6 Å². The van der Waals surface area contributed by atoms with Crippen LogP contribution in [0.5, 0.6) is 0 Å². The molecule has 12 heteroatoms. The van der Waals surface area contributed by atoms with Gasteiger partial charge in [-0.25, -0.2) is 4.79 Å². The minimum absolute atomic E-state index is 0.0425. The van der Waals surface area contributed by atoms with Crippen LogP contribution in [0.1, 0.15) is 47.0 Å². The summed E-state index contributed by atoms with van der Waals surface area (Å²) in [5, 5.41) is 17.0. The number of nitrogens with one attached hydrogen (secondary N) is 3. The van der Waals surface area contributed by atoms with Gasteiger partial charge in [-0.2, -0.15) is 11.8 Å². The number of aliphatic carboxylic acids is 1. The first-order chi connectivity index (χ1) is 14.8. The molecule has 32 heavy (non-hydrogen) atoms. The van der Waals surface area contributed by atoms with E-state index in [0.29, 0.717) is 5.75 Å². The van der Waals surface area contributed by atoms with Crippen molar-refractivity contribution in [1.29, 1.82) is 0 Å². The second-order valence-electron chi connectivity index (χ2n) is 8.25. The Hall–Kier alpha value is -2.34. The van der Waals surface area contributed by atoms with E-state index in [-0.39, 0.29) is 31.1 Å². The molecular weight excluding hydrogens is 438 g/mol. The molecule has 0 aromatic heterocycles. The maximum absolute atomic E-state index is 12.9. The molecule has 4 unspecified atom stereocenters. The molecule has 0 aromatic carbocycles. The van der Waals surface area contributed by atoms with E-state index in [9.17, 15) is 29.1 Å². The van der Waals surface area contributed by atoms with E-state index in [4.69, 9.17) is 11.5 Å². The predicted octanol–water partition coefficient (Wildman–Crippen LogP) is -0.817. The van der Waals surface area contributed by atoms with Crippen LogP contribution in [0, 0.1) is 11.8 Å². The SMILES string of the molecule is CSCCC(NC(=O)C(N)CCC(N)=O)C(=O)NC(C(=O)NC(C(=O)O)C(C)C)C(C)C. The molecule has 0 saturated carbocycles. The monoisotopic (exact) mass is 475 g/mol. The highest BCUT2D eigenvalue weighted by atomic mass is 32.2. The van der Waals surface area contributed by atoms with Gasteiger partial charge in [-0.1, -0.05) is 27.7 Å². The van der Waals surface area contributed by atoms with Crippen molar-refractivity contribution in [3.05, 3.63) is 0 Å². The van der Waals surface area contributed by atoms with Crippen molar-refractivity contribution in [3.8, 4) is 0 Å². The summed E-state index contributed by atoms with van der Waals surface area (Å²) in [6, 6.07) is -4.07. The van der Waals surface area contributed by atoms with Gasteiger partial charge in [-0.3, -0.25) is 19.2 Å². The highest BCUT2D eigenvalue weighted by Crippen LogP contribution is 2.09. The molecule has 0 spiro atoms. The van der Waals surface area contributed by atoms with Crippen LogP contribution in [0.2, 0.25) is 0 Å². The zero-order valence-electron chi connectivity index (χ0n) is 19.3. The van der Waals surface area contributed by atoms with Crippen LogP contribution in [-0.4, -0.2) is 70.9 Å². The summed E-state index contributed by atoms with van der Waals surface area (Å²) < 4.78 is 0. The average molecular weight is 476 g/mol. The first-order valence-electron chi connectivity index (χ1n) is 10.5. The summed E-state index contributed by atoms with van der Waals surface area (Å²) >= 11 is 1.48. The van der Waals surface area contributed by atoms with Crippen LogP contribution in [0.3, 0.4) is 0 Å². The fourth-order valence-electron chi connectivity index (χ4n) is 2.76. The molecule has 0 aliphatic heterocycles. The molecule has 11 nitrogen and oxygen atoms in total. The van der Waals surface area contributed by atoms with Crippen LogP contribution in [-0.2, 0) is 24.0 Å². The molecule has 0 rings (SSSR count). The average Bonchev–Trinajstić information content (AvgIpc) is 2.69. The third-order valence-corrected chi connectivity index (χ3v) is 5.40. The Morgan fingerprint density at radius 3 is 1.81 bits per heavy atom. The lowest BCUT2D eigenvalue weighted by Crippen LogP contribution is -2.59. The fourth-order valence-corrected chi connectivity index (χ4v) is 3.23. The molecule has 8 N–H and O–H groups in total. The normalized spacial score (nSPS) is 14.9. The summed E-state index contributed by atoms with van der Waals surface area (Å²) in [5.74, 6) is -3.70. The van der Waals surface area contributed by atoms with Gasteiger partial charge in [0, 0.05) is 6.42 Å². The highest BCUT2D eigenvalue weighted by molar-refractivity contribution is 7.98. The van der Waals surface area contributed by atoms with Crippen molar-refractivity contribution >= 4 is 41.4 Å². The molecule has 4 amide bonds. The lowest BCUT2D eigenvalue weighted by Gasteiger charge is -2.27. The number of nitrogens with two attached hydrogens (primary N) is 2. The van der Waals surface area contributed by atoms with Crippen molar-refractivity contribution in [2.24, 2.45) is 23.3 Å². The van der Waals surface area contributed by atoms with E-state index in [1.165, 1.54) is 11.8 Å². The number of carboxylic acid groups (broad SMARTS) is 1. The number of rotatable bonds is 15. The minimum atomic E-state index is -1.17. The molecule has 0 aliphatic rings. The summed E-state index contributed by atoms with van der Waals surface area (Å²) in [4.78, 5) is 60.3. The van der Waals surface area contributed by atoms with Crippen molar-refractivity contribution < 1.29 is 29.1 Å². The smallest absolute Gasteiger partial charge is 0.326 e. The number of primary amides is 1. The highest BCUT2D eigenvalue weighted by Gasteiger charge is 2.32. The lowest BCUT2D eigenvalue weighted by atomic mass is 9.99. The summed E-state index contributed by atoms with van der Waals surface area (Å²) in [6.07, 6.45) is 2.11. The quantitative estimate of drug-likeness (QED) is 0.177. The largest absolute Gasteiger partial charge is 0.480 e. The van der Waals surface area contributed by atoms with Crippen LogP contribution in [0.25, 0.3) is 0 Å². The third kappa shape index (κ3) is 10.8. The van der Waals surface area contributed by atoms with Gasteiger partial charge in [0.15, 0.2) is 0 Å². The standard InChI is InChI=1S/C20H37N5O6S/c1-10(2)15(19(29)25-16(11(3)4)20(30)31)24-18(28)13(8-9-32-5)23-17(27)12(21)6-7-14(22)26/h10-13,15-16H,6-9,21H2,1-5H3,(H2,22,26)(H,23,27)(H,24,28)(H,25,29)(H,30,31). The Kier molecular flexibility index (Phi) is 13.6. The third-order valence-electron chi connectivity index (χ3n) is 4.76. The number of hydrogen-bond acceptors (Lipinski definition) is 7. The maximum atomic E-state index is 12.9. The molecule has 0 heterocycles. The van der Waals surface area contributed by atoms with E-state index < -0.39 is 53.8 Å². The molecule has 184 valence electrons. The zero-order chi connectivity index (χ0) is 25.0. The Bertz CT molecular complexity index is 673. The molecule has 0 aromatic rings. The van der Waals surface area contributed by atoms with Crippen molar-refractivity contribution in [1.82, 2.24) is 16.0 Å². The number of hydrogen-bond donors (Lipinski definition) is 6. The number of thioether (sulfide) groups is 1. The Labute approximate surface area is 193 Å². The first kappa shape index (κ1) is 29.7. The van der Waals surface area contributed by atoms with Gasteiger partial charge < -0.3 is 32.5 Å².